The second-order valence-corrected chi connectivity index (χ2v) is 5.39. The lowest BCUT2D eigenvalue weighted by atomic mass is 9.99. The maximum Gasteiger partial charge on any atom is 0.228 e. The number of nitrogens with zero attached hydrogens (tertiary/aromatic N) is 3. The third-order valence-electron chi connectivity index (χ3n) is 3.71. The zero-order valence-electron chi connectivity index (χ0n) is 12.2. The summed E-state index contributed by atoms with van der Waals surface area (Å²) in [5.41, 5.74) is 0. The summed E-state index contributed by atoms with van der Waals surface area (Å²) in [5.74, 6) is 1.50. The van der Waals surface area contributed by atoms with Gasteiger partial charge in [0.25, 0.3) is 0 Å². The predicted molar refractivity (Wildman–Crippen MR) is 80.5 cm³/mol. The van der Waals surface area contributed by atoms with Crippen LogP contribution in [0.25, 0.3) is 0 Å². The molecule has 1 aromatic carbocycles. The van der Waals surface area contributed by atoms with Crippen LogP contribution in [0.15, 0.2) is 36.5 Å². The van der Waals surface area contributed by atoms with Gasteiger partial charge in [-0.25, -0.2) is 9.37 Å². The van der Waals surface area contributed by atoms with Gasteiger partial charge >= 0.3 is 0 Å². The largest absolute Gasteiger partial charge is 0.439 e. The van der Waals surface area contributed by atoms with Crippen molar-refractivity contribution in [1.29, 1.82) is 0 Å². The van der Waals surface area contributed by atoms with Crippen LogP contribution in [-0.2, 0) is 0 Å². The summed E-state index contributed by atoms with van der Waals surface area (Å²) >= 11 is 0. The zero-order valence-corrected chi connectivity index (χ0v) is 12.2. The molecule has 0 unspecified atom stereocenters. The van der Waals surface area contributed by atoms with Crippen LogP contribution in [-0.4, -0.2) is 34.8 Å². The Morgan fingerprint density at radius 3 is 2.86 bits per heavy atom. The molecule has 1 atom stereocenters. The number of anilines is 1. The molecule has 6 heteroatoms. The molecule has 1 fully saturated rings. The Bertz CT molecular complexity index is 621. The van der Waals surface area contributed by atoms with E-state index in [2.05, 4.69) is 14.9 Å². The molecule has 5 nitrogen and oxygen atoms in total. The van der Waals surface area contributed by atoms with Crippen molar-refractivity contribution in [2.45, 2.75) is 12.8 Å². The molecule has 1 aliphatic heterocycles. The summed E-state index contributed by atoms with van der Waals surface area (Å²) in [5, 5.41) is 9.30. The fourth-order valence-electron chi connectivity index (χ4n) is 2.56. The fraction of sp³-hybridized carbons (Fsp3) is 0.375. The van der Waals surface area contributed by atoms with Gasteiger partial charge in [0, 0.05) is 32.0 Å². The Morgan fingerprint density at radius 2 is 2.09 bits per heavy atom. The number of rotatable bonds is 4. The quantitative estimate of drug-likeness (QED) is 0.941. The van der Waals surface area contributed by atoms with Crippen molar-refractivity contribution in [1.82, 2.24) is 9.97 Å². The van der Waals surface area contributed by atoms with Crippen LogP contribution in [0.2, 0.25) is 0 Å². The lowest BCUT2D eigenvalue weighted by Gasteiger charge is -2.31. The summed E-state index contributed by atoms with van der Waals surface area (Å²) in [6.07, 6.45) is 3.68. The number of halogens is 1. The van der Waals surface area contributed by atoms with Crippen LogP contribution in [0.5, 0.6) is 11.6 Å². The molecule has 0 amide bonds. The third kappa shape index (κ3) is 3.51. The van der Waals surface area contributed by atoms with Crippen molar-refractivity contribution in [2.75, 3.05) is 24.6 Å². The van der Waals surface area contributed by atoms with Gasteiger partial charge in [0.15, 0.2) is 0 Å². The molecule has 0 saturated carbocycles. The van der Waals surface area contributed by atoms with Crippen LogP contribution in [0, 0.1) is 11.7 Å². The second-order valence-electron chi connectivity index (χ2n) is 5.39. The van der Waals surface area contributed by atoms with Crippen molar-refractivity contribution >= 4 is 5.95 Å². The Hall–Kier alpha value is -2.21. The second kappa shape index (κ2) is 6.70. The Labute approximate surface area is 128 Å². The monoisotopic (exact) mass is 303 g/mol. The lowest BCUT2D eigenvalue weighted by Crippen LogP contribution is -2.37. The fourth-order valence-corrected chi connectivity index (χ4v) is 2.56. The molecule has 1 N–H and O–H groups in total. The van der Waals surface area contributed by atoms with Gasteiger partial charge in [0.05, 0.1) is 0 Å². The van der Waals surface area contributed by atoms with Crippen LogP contribution < -0.4 is 9.64 Å². The van der Waals surface area contributed by atoms with E-state index in [0.29, 0.717) is 17.6 Å². The average Bonchev–Trinajstić information content (AvgIpc) is 2.57. The van der Waals surface area contributed by atoms with Crippen molar-refractivity contribution < 1.29 is 14.2 Å². The summed E-state index contributed by atoms with van der Waals surface area (Å²) < 4.78 is 18.5. The van der Waals surface area contributed by atoms with E-state index in [4.69, 9.17) is 4.74 Å². The van der Waals surface area contributed by atoms with Gasteiger partial charge in [0.2, 0.25) is 11.8 Å². The highest BCUT2D eigenvalue weighted by Gasteiger charge is 2.21. The molecule has 1 saturated heterocycles. The predicted octanol–water partition coefficient (Wildman–Crippen LogP) is 2.62. The molecule has 1 aliphatic rings. The van der Waals surface area contributed by atoms with Gasteiger partial charge in [-0.2, -0.15) is 4.98 Å². The van der Waals surface area contributed by atoms with E-state index < -0.39 is 0 Å². The molecule has 0 spiro atoms. The molecule has 0 radical (unpaired) electrons. The van der Waals surface area contributed by atoms with Crippen LogP contribution in [0.3, 0.4) is 0 Å². The first kappa shape index (κ1) is 14.7. The van der Waals surface area contributed by atoms with Gasteiger partial charge in [-0.15, -0.1) is 0 Å². The normalized spacial score (nSPS) is 18.3. The highest BCUT2D eigenvalue weighted by molar-refractivity contribution is 5.34. The number of ether oxygens (including phenoxy) is 1. The molecule has 2 heterocycles. The molecule has 22 heavy (non-hydrogen) atoms. The number of hydrogen-bond acceptors (Lipinski definition) is 5. The summed E-state index contributed by atoms with van der Waals surface area (Å²) in [4.78, 5) is 10.7. The average molecular weight is 303 g/mol. The molecule has 2 aromatic rings. The zero-order chi connectivity index (χ0) is 15.4. The van der Waals surface area contributed by atoms with E-state index in [9.17, 15) is 9.50 Å². The minimum Gasteiger partial charge on any atom is -0.439 e. The van der Waals surface area contributed by atoms with Crippen molar-refractivity contribution in [2.24, 2.45) is 5.92 Å². The number of benzene rings is 1. The molecule has 0 bridgehead atoms. The van der Waals surface area contributed by atoms with Gasteiger partial charge in [-0.3, -0.25) is 0 Å². The van der Waals surface area contributed by atoms with Gasteiger partial charge < -0.3 is 14.7 Å². The molecular formula is C16H18FN3O2. The lowest BCUT2D eigenvalue weighted by molar-refractivity contribution is 0.208. The summed E-state index contributed by atoms with van der Waals surface area (Å²) in [6.45, 7) is 1.80. The van der Waals surface area contributed by atoms with Crippen LogP contribution in [0.4, 0.5) is 10.3 Å². The third-order valence-corrected chi connectivity index (χ3v) is 3.71. The first-order chi connectivity index (χ1) is 10.7. The number of hydrogen-bond donors (Lipinski definition) is 1. The maximum absolute atomic E-state index is 12.9. The Kier molecular flexibility index (Phi) is 4.48. The minimum atomic E-state index is -0.306. The molecule has 3 rings (SSSR count). The maximum atomic E-state index is 12.9. The molecule has 116 valence electrons. The number of aliphatic hydroxyl groups is 1. The topological polar surface area (TPSA) is 58.5 Å². The number of piperidine rings is 1. The van der Waals surface area contributed by atoms with Crippen molar-refractivity contribution in [3.63, 3.8) is 0 Å². The van der Waals surface area contributed by atoms with Crippen LogP contribution in [0.1, 0.15) is 12.8 Å². The SMILES string of the molecule is OC[C@@H]1CCCN(c2nccc(Oc3ccc(F)cc3)n2)C1. The van der Waals surface area contributed by atoms with Gasteiger partial charge in [-0.05, 0) is 43.0 Å². The van der Waals surface area contributed by atoms with Gasteiger partial charge in [0.1, 0.15) is 11.6 Å². The smallest absolute Gasteiger partial charge is 0.228 e. The van der Waals surface area contributed by atoms with Crippen molar-refractivity contribution in [3.8, 4) is 11.6 Å². The summed E-state index contributed by atoms with van der Waals surface area (Å²) in [7, 11) is 0. The molecule has 1 aromatic heterocycles. The van der Waals surface area contributed by atoms with Crippen LogP contribution >= 0.6 is 0 Å². The summed E-state index contributed by atoms with van der Waals surface area (Å²) in [6, 6.07) is 7.46. The van der Waals surface area contributed by atoms with E-state index in [1.807, 2.05) is 0 Å². The van der Waals surface area contributed by atoms with E-state index in [1.54, 1.807) is 24.4 Å². The molecule has 0 aliphatic carbocycles. The van der Waals surface area contributed by atoms with Crippen molar-refractivity contribution in [3.05, 3.63) is 42.3 Å². The Balaban J connectivity index is 1.73. The van der Waals surface area contributed by atoms with E-state index in [1.165, 1.54) is 12.1 Å². The molecular weight excluding hydrogens is 285 g/mol. The number of aromatic nitrogens is 2. The van der Waals surface area contributed by atoms with E-state index >= 15 is 0 Å². The van der Waals surface area contributed by atoms with Gasteiger partial charge in [-0.1, -0.05) is 0 Å². The first-order valence-corrected chi connectivity index (χ1v) is 7.37. The highest BCUT2D eigenvalue weighted by Crippen LogP contribution is 2.24. The van der Waals surface area contributed by atoms with E-state index in [-0.39, 0.29) is 18.3 Å². The number of aliphatic hydroxyl groups excluding tert-OH is 1. The minimum absolute atomic E-state index is 0.183. The highest BCUT2D eigenvalue weighted by atomic mass is 19.1. The van der Waals surface area contributed by atoms with E-state index in [0.717, 1.165) is 25.9 Å². The standard InChI is InChI=1S/C16H18FN3O2/c17-13-3-5-14(6-4-13)22-15-7-8-18-16(19-15)20-9-1-2-12(10-20)11-21/h3-8,12,21H,1-2,9-11H2/t12-/m1/s1. The Morgan fingerprint density at radius 1 is 1.27 bits per heavy atom. The first-order valence-electron chi connectivity index (χ1n) is 7.37.